The highest BCUT2D eigenvalue weighted by Crippen LogP contribution is 2.40. The molecule has 1 unspecified atom stereocenters. The summed E-state index contributed by atoms with van der Waals surface area (Å²) in [5.41, 5.74) is 10.0. The second kappa shape index (κ2) is 10.3. The van der Waals surface area contributed by atoms with E-state index in [2.05, 4.69) is 21.6 Å². The summed E-state index contributed by atoms with van der Waals surface area (Å²) in [6.07, 6.45) is 2.26. The third kappa shape index (κ3) is 4.74. The molecule has 8 heteroatoms. The summed E-state index contributed by atoms with van der Waals surface area (Å²) in [7, 11) is 0. The largest absolute Gasteiger partial charge is 0.445 e. The topological polar surface area (TPSA) is 115 Å². The number of tetrazole rings is 1. The molecular weight excluding hydrogens is 378 g/mol. The van der Waals surface area contributed by atoms with Crippen LogP contribution in [0.2, 0.25) is 0 Å². The van der Waals surface area contributed by atoms with Gasteiger partial charge in [0.2, 0.25) is 5.88 Å². The first-order chi connectivity index (χ1) is 14.5. The molecule has 8 nitrogen and oxygen atoms in total. The van der Waals surface area contributed by atoms with Crippen LogP contribution >= 0.6 is 0 Å². The zero-order chi connectivity index (χ0) is 22.3. The van der Waals surface area contributed by atoms with Crippen LogP contribution in [0.15, 0.2) is 58.4 Å². The van der Waals surface area contributed by atoms with E-state index in [0.717, 1.165) is 29.0 Å². The lowest BCUT2D eigenvalue weighted by atomic mass is 9.80. The van der Waals surface area contributed by atoms with Crippen LogP contribution in [0, 0.1) is 11.3 Å². The van der Waals surface area contributed by atoms with Gasteiger partial charge in [-0.2, -0.15) is 5.26 Å². The Labute approximate surface area is 177 Å². The van der Waals surface area contributed by atoms with Crippen LogP contribution in [-0.4, -0.2) is 32.0 Å². The van der Waals surface area contributed by atoms with Crippen LogP contribution in [0.5, 0.6) is 0 Å². The first-order valence-electron chi connectivity index (χ1n) is 10.1. The van der Waals surface area contributed by atoms with Gasteiger partial charge in [0.25, 0.3) is 0 Å². The number of ether oxygens (including phenoxy) is 1. The van der Waals surface area contributed by atoms with Crippen molar-refractivity contribution >= 4 is 5.71 Å². The number of nitriles is 1. The number of nitrogens with zero attached hydrogens (tertiary/aromatic N) is 6. The smallest absolute Gasteiger partial charge is 0.205 e. The number of aromatic nitrogens is 4. The van der Waals surface area contributed by atoms with Gasteiger partial charge >= 0.3 is 0 Å². The first kappa shape index (κ1) is 22.8. The fraction of sp³-hybridized carbons (Fsp3) is 0.409. The van der Waals surface area contributed by atoms with Crippen molar-refractivity contribution in [2.45, 2.75) is 59.9 Å². The Kier molecular flexibility index (Phi) is 7.87. The van der Waals surface area contributed by atoms with E-state index in [1.54, 1.807) is 4.68 Å². The monoisotopic (exact) mass is 407 g/mol. The highest BCUT2D eigenvalue weighted by molar-refractivity contribution is 6.02. The standard InChI is InChI=1S/C20H23N7O.C2H6/c1-5-17(24-12(2)3)18-13(4)28-20(22)16(10-21)19(18)14-6-8-15(9-7-14)27-11-23-25-26-27;1-2/h6-9,11-12,19H,5,22H2,1-4H3;1-2H3. The number of aliphatic imine (C=N–C) groups is 1. The van der Waals surface area contributed by atoms with E-state index < -0.39 is 0 Å². The van der Waals surface area contributed by atoms with Crippen molar-refractivity contribution in [3.8, 4) is 11.8 Å². The third-order valence-electron chi connectivity index (χ3n) is 4.51. The minimum Gasteiger partial charge on any atom is -0.445 e. The van der Waals surface area contributed by atoms with Crippen LogP contribution in [0.1, 0.15) is 59.4 Å². The molecule has 0 radical (unpaired) electrons. The van der Waals surface area contributed by atoms with Crippen LogP contribution in [0.4, 0.5) is 0 Å². The van der Waals surface area contributed by atoms with Crippen molar-refractivity contribution in [1.82, 2.24) is 20.2 Å². The molecule has 2 aromatic rings. The number of rotatable bonds is 5. The Morgan fingerprint density at radius 2 is 1.97 bits per heavy atom. The van der Waals surface area contributed by atoms with E-state index in [4.69, 9.17) is 15.5 Å². The van der Waals surface area contributed by atoms with Crippen molar-refractivity contribution in [2.75, 3.05) is 0 Å². The average Bonchev–Trinajstić information content (AvgIpc) is 3.28. The Morgan fingerprint density at radius 3 is 2.47 bits per heavy atom. The van der Waals surface area contributed by atoms with Crippen molar-refractivity contribution in [3.63, 3.8) is 0 Å². The molecule has 2 heterocycles. The van der Waals surface area contributed by atoms with Gasteiger partial charge in [-0.1, -0.05) is 32.9 Å². The third-order valence-corrected chi connectivity index (χ3v) is 4.51. The average molecular weight is 408 g/mol. The maximum atomic E-state index is 9.78. The highest BCUT2D eigenvalue weighted by Gasteiger charge is 2.33. The van der Waals surface area contributed by atoms with Gasteiger partial charge in [-0.3, -0.25) is 4.99 Å². The lowest BCUT2D eigenvalue weighted by Gasteiger charge is -2.29. The van der Waals surface area contributed by atoms with E-state index >= 15 is 0 Å². The molecule has 0 saturated carbocycles. The molecule has 1 aliphatic rings. The Balaban J connectivity index is 0.00000155. The van der Waals surface area contributed by atoms with Gasteiger partial charge < -0.3 is 10.5 Å². The molecule has 0 spiro atoms. The lowest BCUT2D eigenvalue weighted by Crippen LogP contribution is -2.24. The Bertz CT molecular complexity index is 977. The maximum absolute atomic E-state index is 9.78. The molecule has 1 atom stereocenters. The molecule has 0 saturated heterocycles. The molecule has 1 aromatic heterocycles. The Hall–Kier alpha value is -3.47. The van der Waals surface area contributed by atoms with Gasteiger partial charge in [0.1, 0.15) is 23.7 Å². The number of hydrogen-bond acceptors (Lipinski definition) is 7. The molecule has 30 heavy (non-hydrogen) atoms. The van der Waals surface area contributed by atoms with Crippen molar-refractivity contribution in [2.24, 2.45) is 10.7 Å². The molecule has 0 amide bonds. The number of hydrogen-bond donors (Lipinski definition) is 1. The summed E-state index contributed by atoms with van der Waals surface area (Å²) in [4.78, 5) is 4.77. The molecule has 2 N–H and O–H groups in total. The number of benzene rings is 1. The zero-order valence-corrected chi connectivity index (χ0v) is 18.4. The van der Waals surface area contributed by atoms with Gasteiger partial charge in [-0.25, -0.2) is 4.68 Å². The van der Waals surface area contributed by atoms with Crippen molar-refractivity contribution in [3.05, 3.63) is 58.9 Å². The second-order valence-corrected chi connectivity index (χ2v) is 6.76. The van der Waals surface area contributed by atoms with Gasteiger partial charge in [0, 0.05) is 17.3 Å². The summed E-state index contributed by atoms with van der Waals surface area (Å²) in [5, 5.41) is 21.0. The molecule has 1 aromatic carbocycles. The van der Waals surface area contributed by atoms with Crippen LogP contribution in [0.3, 0.4) is 0 Å². The van der Waals surface area contributed by atoms with E-state index in [-0.39, 0.29) is 17.8 Å². The van der Waals surface area contributed by atoms with E-state index in [1.807, 2.05) is 65.8 Å². The van der Waals surface area contributed by atoms with Gasteiger partial charge in [0.15, 0.2) is 0 Å². The molecule has 1 aliphatic heterocycles. The Morgan fingerprint density at radius 1 is 1.30 bits per heavy atom. The summed E-state index contributed by atoms with van der Waals surface area (Å²) < 4.78 is 7.28. The summed E-state index contributed by atoms with van der Waals surface area (Å²) in [6, 6.07) is 10.1. The van der Waals surface area contributed by atoms with E-state index in [0.29, 0.717) is 11.3 Å². The fourth-order valence-corrected chi connectivity index (χ4v) is 3.35. The molecule has 0 fully saturated rings. The summed E-state index contributed by atoms with van der Waals surface area (Å²) in [6.45, 7) is 12.0. The zero-order valence-electron chi connectivity index (χ0n) is 18.4. The van der Waals surface area contributed by atoms with E-state index in [9.17, 15) is 5.26 Å². The summed E-state index contributed by atoms with van der Waals surface area (Å²) >= 11 is 0. The minimum atomic E-state index is -0.334. The minimum absolute atomic E-state index is 0.131. The second-order valence-electron chi connectivity index (χ2n) is 6.76. The molecule has 3 rings (SSSR count). The lowest BCUT2D eigenvalue weighted by molar-refractivity contribution is 0.283. The molecular formula is C22H29N7O. The van der Waals surface area contributed by atoms with Crippen LogP contribution < -0.4 is 5.73 Å². The molecule has 0 aliphatic carbocycles. The van der Waals surface area contributed by atoms with Gasteiger partial charge in [-0.15, -0.1) is 5.10 Å². The normalized spacial score (nSPS) is 16.7. The molecule has 158 valence electrons. The van der Waals surface area contributed by atoms with Crippen LogP contribution in [-0.2, 0) is 4.74 Å². The number of allylic oxidation sites excluding steroid dienone is 3. The van der Waals surface area contributed by atoms with Crippen molar-refractivity contribution < 1.29 is 4.74 Å². The van der Waals surface area contributed by atoms with E-state index in [1.165, 1.54) is 6.33 Å². The predicted octanol–water partition coefficient (Wildman–Crippen LogP) is 4.03. The summed E-state index contributed by atoms with van der Waals surface area (Å²) in [5.74, 6) is 0.477. The fourth-order valence-electron chi connectivity index (χ4n) is 3.35. The predicted molar refractivity (Wildman–Crippen MR) is 117 cm³/mol. The first-order valence-corrected chi connectivity index (χ1v) is 10.1. The highest BCUT2D eigenvalue weighted by atomic mass is 16.5. The van der Waals surface area contributed by atoms with Gasteiger partial charge in [0.05, 0.1) is 11.6 Å². The molecule has 0 bridgehead atoms. The maximum Gasteiger partial charge on any atom is 0.205 e. The SMILES string of the molecule is CC.CCC(=NC(C)C)C1=C(C)OC(N)=C(C#N)C1c1ccc(-n2cnnn2)cc1. The van der Waals surface area contributed by atoms with Gasteiger partial charge in [-0.05, 0) is 55.3 Å². The van der Waals surface area contributed by atoms with Crippen molar-refractivity contribution in [1.29, 1.82) is 5.26 Å². The quantitative estimate of drug-likeness (QED) is 0.748. The number of nitrogens with two attached hydrogens (primary N) is 1. The van der Waals surface area contributed by atoms with Crippen LogP contribution in [0.25, 0.3) is 5.69 Å².